The third-order valence-electron chi connectivity index (χ3n) is 2.17. The molecule has 0 aliphatic carbocycles. The Hall–Kier alpha value is 0.240. The lowest BCUT2D eigenvalue weighted by atomic mass is 10.0. The van der Waals surface area contributed by atoms with Crippen LogP contribution in [0, 0.1) is 0 Å². The van der Waals surface area contributed by atoms with Crippen LogP contribution in [-0.4, -0.2) is 6.54 Å². The predicted molar refractivity (Wildman–Crippen MR) is 61.8 cm³/mol. The molecule has 2 rings (SSSR count). The first-order valence-electron chi connectivity index (χ1n) is 3.95. The van der Waals surface area contributed by atoms with Gasteiger partial charge in [0.15, 0.2) is 0 Å². The van der Waals surface area contributed by atoms with Crippen LogP contribution in [-0.2, 0) is 13.0 Å². The summed E-state index contributed by atoms with van der Waals surface area (Å²) in [6.07, 6.45) is 1.04. The van der Waals surface area contributed by atoms with Crippen LogP contribution in [0.25, 0.3) is 0 Å². The molecule has 0 unspecified atom stereocenters. The predicted octanol–water partition coefficient (Wildman–Crippen LogP) is 3.17. The van der Waals surface area contributed by atoms with Gasteiger partial charge in [-0.1, -0.05) is 27.5 Å². The van der Waals surface area contributed by atoms with Gasteiger partial charge in [-0.2, -0.15) is 0 Å². The number of hydrogen-bond acceptors (Lipinski definition) is 1. The van der Waals surface area contributed by atoms with Crippen molar-refractivity contribution in [3.8, 4) is 0 Å². The number of benzene rings is 1. The Bertz CT molecular complexity index is 284. The van der Waals surface area contributed by atoms with E-state index in [0.717, 1.165) is 29.0 Å². The Morgan fingerprint density at radius 2 is 2.08 bits per heavy atom. The first-order valence-corrected chi connectivity index (χ1v) is 5.12. The van der Waals surface area contributed by atoms with Gasteiger partial charge < -0.3 is 5.32 Å². The molecule has 1 aliphatic heterocycles. The molecular formula is C9H10BrCl2N. The molecule has 4 heteroatoms. The third-order valence-corrected chi connectivity index (χ3v) is 3.27. The van der Waals surface area contributed by atoms with Crippen molar-refractivity contribution in [3.63, 3.8) is 0 Å². The molecular weight excluding hydrogens is 273 g/mol. The van der Waals surface area contributed by atoms with Gasteiger partial charge in [-0.15, -0.1) is 12.4 Å². The molecule has 1 aromatic carbocycles. The zero-order valence-electron chi connectivity index (χ0n) is 6.94. The SMILES string of the molecule is Cl.Clc1ccc(Br)c2c1CCNC2. The summed E-state index contributed by atoms with van der Waals surface area (Å²) in [5.41, 5.74) is 2.61. The Kier molecular flexibility index (Phi) is 4.05. The van der Waals surface area contributed by atoms with Crippen molar-refractivity contribution >= 4 is 39.9 Å². The Labute approximate surface area is 97.4 Å². The number of rotatable bonds is 0. The molecule has 72 valence electrons. The number of hydrogen-bond donors (Lipinski definition) is 1. The first kappa shape index (κ1) is 11.3. The number of nitrogens with one attached hydrogen (secondary N) is 1. The average Bonchev–Trinajstić information content (AvgIpc) is 2.12. The van der Waals surface area contributed by atoms with Crippen LogP contribution in [0.1, 0.15) is 11.1 Å². The highest BCUT2D eigenvalue weighted by Crippen LogP contribution is 2.29. The molecule has 0 spiro atoms. The summed E-state index contributed by atoms with van der Waals surface area (Å²) in [6, 6.07) is 3.96. The van der Waals surface area contributed by atoms with Crippen molar-refractivity contribution in [1.82, 2.24) is 5.32 Å². The zero-order chi connectivity index (χ0) is 8.55. The van der Waals surface area contributed by atoms with Gasteiger partial charge in [-0.25, -0.2) is 0 Å². The standard InChI is InChI=1S/C9H9BrClN.ClH/c10-8-1-2-9(11)6-3-4-12-5-7(6)8;/h1-2,12H,3-5H2;1H. The lowest BCUT2D eigenvalue weighted by molar-refractivity contribution is 0.641. The average molecular weight is 283 g/mol. The summed E-state index contributed by atoms with van der Waals surface area (Å²) >= 11 is 9.58. The molecule has 0 atom stereocenters. The molecule has 0 saturated heterocycles. The minimum Gasteiger partial charge on any atom is -0.312 e. The van der Waals surface area contributed by atoms with Gasteiger partial charge in [0, 0.05) is 16.0 Å². The summed E-state index contributed by atoms with van der Waals surface area (Å²) in [5, 5.41) is 4.22. The highest BCUT2D eigenvalue weighted by molar-refractivity contribution is 9.10. The van der Waals surface area contributed by atoms with Gasteiger partial charge in [-0.05, 0) is 36.2 Å². The monoisotopic (exact) mass is 281 g/mol. The van der Waals surface area contributed by atoms with E-state index in [0.29, 0.717) is 0 Å². The minimum atomic E-state index is 0. The number of halogens is 3. The van der Waals surface area contributed by atoms with Crippen LogP contribution < -0.4 is 5.32 Å². The van der Waals surface area contributed by atoms with Crippen LogP contribution in [0.15, 0.2) is 16.6 Å². The molecule has 0 fully saturated rings. The molecule has 0 aromatic heterocycles. The molecule has 1 heterocycles. The molecule has 1 aliphatic rings. The van der Waals surface area contributed by atoms with Gasteiger partial charge in [0.05, 0.1) is 0 Å². The largest absolute Gasteiger partial charge is 0.312 e. The zero-order valence-corrected chi connectivity index (χ0v) is 10.1. The van der Waals surface area contributed by atoms with Crippen LogP contribution in [0.5, 0.6) is 0 Å². The highest BCUT2D eigenvalue weighted by Gasteiger charge is 2.13. The second-order valence-electron chi connectivity index (χ2n) is 2.91. The Morgan fingerprint density at radius 3 is 2.77 bits per heavy atom. The van der Waals surface area contributed by atoms with E-state index < -0.39 is 0 Å². The lowest BCUT2D eigenvalue weighted by Crippen LogP contribution is -2.24. The van der Waals surface area contributed by atoms with E-state index in [1.807, 2.05) is 12.1 Å². The van der Waals surface area contributed by atoms with E-state index in [1.165, 1.54) is 11.1 Å². The maximum Gasteiger partial charge on any atom is 0.0442 e. The molecule has 1 aromatic rings. The van der Waals surface area contributed by atoms with Gasteiger partial charge in [0.25, 0.3) is 0 Å². The second kappa shape index (κ2) is 4.65. The van der Waals surface area contributed by atoms with Crippen LogP contribution in [0.3, 0.4) is 0 Å². The maximum atomic E-state index is 6.07. The molecule has 13 heavy (non-hydrogen) atoms. The fourth-order valence-electron chi connectivity index (χ4n) is 1.52. The van der Waals surface area contributed by atoms with Crippen molar-refractivity contribution < 1.29 is 0 Å². The van der Waals surface area contributed by atoms with E-state index >= 15 is 0 Å². The van der Waals surface area contributed by atoms with Crippen molar-refractivity contribution in [2.24, 2.45) is 0 Å². The fourth-order valence-corrected chi connectivity index (χ4v) is 2.31. The molecule has 0 saturated carbocycles. The van der Waals surface area contributed by atoms with Crippen LogP contribution in [0.4, 0.5) is 0 Å². The van der Waals surface area contributed by atoms with Crippen molar-refractivity contribution in [3.05, 3.63) is 32.8 Å². The van der Waals surface area contributed by atoms with E-state index in [-0.39, 0.29) is 12.4 Å². The lowest BCUT2D eigenvalue weighted by Gasteiger charge is -2.19. The third kappa shape index (κ3) is 2.18. The molecule has 1 N–H and O–H groups in total. The highest BCUT2D eigenvalue weighted by atomic mass is 79.9. The smallest absolute Gasteiger partial charge is 0.0442 e. The molecule has 0 radical (unpaired) electrons. The summed E-state index contributed by atoms with van der Waals surface area (Å²) < 4.78 is 1.16. The normalized spacial score (nSPS) is 14.6. The second-order valence-corrected chi connectivity index (χ2v) is 4.17. The number of fused-ring (bicyclic) bond motifs is 1. The van der Waals surface area contributed by atoms with E-state index in [2.05, 4.69) is 21.2 Å². The summed E-state index contributed by atoms with van der Waals surface area (Å²) in [6.45, 7) is 1.96. The molecule has 1 nitrogen and oxygen atoms in total. The Morgan fingerprint density at radius 1 is 1.31 bits per heavy atom. The maximum absolute atomic E-state index is 6.07. The molecule has 0 amide bonds. The van der Waals surface area contributed by atoms with Crippen LogP contribution >= 0.6 is 39.9 Å². The van der Waals surface area contributed by atoms with E-state index in [1.54, 1.807) is 0 Å². The van der Waals surface area contributed by atoms with Crippen LogP contribution in [0.2, 0.25) is 5.02 Å². The van der Waals surface area contributed by atoms with Gasteiger partial charge in [0.1, 0.15) is 0 Å². The van der Waals surface area contributed by atoms with Crippen molar-refractivity contribution in [2.45, 2.75) is 13.0 Å². The van der Waals surface area contributed by atoms with E-state index in [4.69, 9.17) is 11.6 Å². The van der Waals surface area contributed by atoms with Gasteiger partial charge >= 0.3 is 0 Å². The van der Waals surface area contributed by atoms with E-state index in [9.17, 15) is 0 Å². The van der Waals surface area contributed by atoms with Gasteiger partial charge in [0.2, 0.25) is 0 Å². The summed E-state index contributed by atoms with van der Waals surface area (Å²) in [7, 11) is 0. The topological polar surface area (TPSA) is 12.0 Å². The minimum absolute atomic E-state index is 0. The fraction of sp³-hybridized carbons (Fsp3) is 0.333. The van der Waals surface area contributed by atoms with Crippen molar-refractivity contribution in [1.29, 1.82) is 0 Å². The summed E-state index contributed by atoms with van der Waals surface area (Å²) in [4.78, 5) is 0. The first-order chi connectivity index (χ1) is 5.79. The quantitative estimate of drug-likeness (QED) is 0.771. The summed E-state index contributed by atoms with van der Waals surface area (Å²) in [5.74, 6) is 0. The van der Waals surface area contributed by atoms with Crippen molar-refractivity contribution in [2.75, 3.05) is 6.54 Å². The Balaban J connectivity index is 0.000000845. The van der Waals surface area contributed by atoms with Gasteiger partial charge in [-0.3, -0.25) is 0 Å². The molecule has 0 bridgehead atoms.